The lowest BCUT2D eigenvalue weighted by Gasteiger charge is -2.21. The molecule has 0 aliphatic carbocycles. The van der Waals surface area contributed by atoms with E-state index in [1.165, 1.54) is 12.1 Å². The minimum absolute atomic E-state index is 0.340. The van der Waals surface area contributed by atoms with Crippen molar-refractivity contribution in [2.45, 2.75) is 10.8 Å². The summed E-state index contributed by atoms with van der Waals surface area (Å²) in [5, 5.41) is 0. The number of fused-ring (bicyclic) bond motifs is 1. The highest BCUT2D eigenvalue weighted by Gasteiger charge is 2.26. The number of hydrogen-bond acceptors (Lipinski definition) is 3. The number of thioether (sulfide) groups is 1. The van der Waals surface area contributed by atoms with Crippen LogP contribution in [-0.4, -0.2) is 17.4 Å². The Labute approximate surface area is 126 Å². The molecule has 1 aliphatic heterocycles. The van der Waals surface area contributed by atoms with E-state index in [-0.39, 0.29) is 5.82 Å². The number of nitrogens with two attached hydrogens (primary N) is 1. The summed E-state index contributed by atoms with van der Waals surface area (Å²) in [6, 6.07) is 13.6. The summed E-state index contributed by atoms with van der Waals surface area (Å²) in [5.41, 5.74) is 7.75. The summed E-state index contributed by atoms with van der Waals surface area (Å²) in [7, 11) is 0. The second-order valence-electron chi connectivity index (χ2n) is 4.75. The molecule has 21 heavy (non-hydrogen) atoms. The Morgan fingerprint density at radius 3 is 2.62 bits per heavy atom. The van der Waals surface area contributed by atoms with E-state index in [0.717, 1.165) is 10.6 Å². The fraction of sp³-hybridized carbons (Fsp3) is 0.125. The maximum atomic E-state index is 13.0. The van der Waals surface area contributed by atoms with Gasteiger partial charge in [-0.3, -0.25) is 9.79 Å². The average Bonchev–Trinajstić information content (AvgIpc) is 2.49. The first-order valence-corrected chi connectivity index (χ1v) is 7.48. The van der Waals surface area contributed by atoms with Crippen molar-refractivity contribution in [1.29, 1.82) is 0 Å². The second-order valence-corrected chi connectivity index (χ2v) is 5.76. The second kappa shape index (κ2) is 5.69. The first kappa shape index (κ1) is 13.8. The number of nitrogens with zero attached hydrogens (tertiary/aromatic N) is 1. The highest BCUT2D eigenvalue weighted by molar-refractivity contribution is 8.00. The van der Waals surface area contributed by atoms with Gasteiger partial charge in [0.25, 0.3) is 0 Å². The van der Waals surface area contributed by atoms with E-state index in [4.69, 9.17) is 5.73 Å². The molecular formula is C16H13FN2OS. The lowest BCUT2D eigenvalue weighted by molar-refractivity contribution is -0.118. The van der Waals surface area contributed by atoms with E-state index in [2.05, 4.69) is 4.99 Å². The van der Waals surface area contributed by atoms with Crippen LogP contribution in [0.25, 0.3) is 0 Å². The largest absolute Gasteiger partial charge is 0.369 e. The monoisotopic (exact) mass is 300 g/mol. The van der Waals surface area contributed by atoms with Gasteiger partial charge in [-0.15, -0.1) is 11.8 Å². The van der Waals surface area contributed by atoms with E-state index in [1.54, 1.807) is 23.9 Å². The summed E-state index contributed by atoms with van der Waals surface area (Å²) in [6.45, 7) is 0. The molecule has 5 heteroatoms. The Bertz CT molecular complexity index is 712. The molecule has 2 aromatic rings. The van der Waals surface area contributed by atoms with Crippen LogP contribution in [0.3, 0.4) is 0 Å². The van der Waals surface area contributed by atoms with Crippen LogP contribution in [-0.2, 0) is 4.79 Å². The van der Waals surface area contributed by atoms with Crippen molar-refractivity contribution in [3.63, 3.8) is 0 Å². The Balaban J connectivity index is 2.01. The van der Waals surface area contributed by atoms with Crippen LogP contribution in [0.15, 0.2) is 58.4 Å². The number of amides is 1. The molecule has 1 amide bonds. The smallest absolute Gasteiger partial charge is 0.230 e. The number of aliphatic imine (C=N–C) groups is 1. The van der Waals surface area contributed by atoms with Crippen molar-refractivity contribution in [3.8, 4) is 0 Å². The normalized spacial score (nSPS) is 15.0. The van der Waals surface area contributed by atoms with Gasteiger partial charge in [0.2, 0.25) is 5.91 Å². The average molecular weight is 300 g/mol. The molecule has 0 radical (unpaired) electrons. The van der Waals surface area contributed by atoms with Crippen LogP contribution in [0, 0.1) is 5.82 Å². The maximum absolute atomic E-state index is 13.0. The molecule has 2 N–H and O–H groups in total. The van der Waals surface area contributed by atoms with Gasteiger partial charge in [-0.1, -0.05) is 24.3 Å². The fourth-order valence-electron chi connectivity index (χ4n) is 2.33. The Morgan fingerprint density at radius 1 is 1.19 bits per heavy atom. The number of benzene rings is 2. The Hall–Kier alpha value is -2.14. The van der Waals surface area contributed by atoms with Gasteiger partial charge in [-0.05, 0) is 29.8 Å². The molecule has 106 valence electrons. The van der Waals surface area contributed by atoms with Gasteiger partial charge in [0.05, 0.1) is 5.69 Å². The number of halogens is 1. The topological polar surface area (TPSA) is 55.5 Å². The van der Waals surface area contributed by atoms with Crippen molar-refractivity contribution in [2.24, 2.45) is 10.7 Å². The summed E-state index contributed by atoms with van der Waals surface area (Å²) >= 11 is 1.63. The fourth-order valence-corrected chi connectivity index (χ4v) is 3.31. The molecule has 1 unspecified atom stereocenters. The lowest BCUT2D eigenvalue weighted by atomic mass is 9.94. The van der Waals surface area contributed by atoms with E-state index >= 15 is 0 Å². The first-order chi connectivity index (χ1) is 10.1. The molecule has 0 bridgehead atoms. The zero-order valence-corrected chi connectivity index (χ0v) is 11.9. The quantitative estimate of drug-likeness (QED) is 0.945. The first-order valence-electron chi connectivity index (χ1n) is 6.49. The third-order valence-electron chi connectivity index (χ3n) is 3.33. The number of carbonyl (C=O) groups excluding carboxylic acids is 1. The van der Waals surface area contributed by atoms with Crippen LogP contribution in [0.5, 0.6) is 0 Å². The van der Waals surface area contributed by atoms with Crippen molar-refractivity contribution in [1.82, 2.24) is 0 Å². The molecule has 1 heterocycles. The summed E-state index contributed by atoms with van der Waals surface area (Å²) in [6.07, 6.45) is 0. The van der Waals surface area contributed by atoms with Crippen LogP contribution < -0.4 is 5.73 Å². The molecule has 0 aromatic heterocycles. The molecule has 3 nitrogen and oxygen atoms in total. The van der Waals surface area contributed by atoms with Gasteiger partial charge in [0.1, 0.15) is 11.7 Å². The molecule has 0 saturated carbocycles. The Kier molecular flexibility index (Phi) is 3.75. The highest BCUT2D eigenvalue weighted by Crippen LogP contribution is 2.36. The van der Waals surface area contributed by atoms with Crippen molar-refractivity contribution >= 4 is 29.1 Å². The van der Waals surface area contributed by atoms with Crippen molar-refractivity contribution < 1.29 is 9.18 Å². The maximum Gasteiger partial charge on any atom is 0.230 e. The van der Waals surface area contributed by atoms with Crippen LogP contribution >= 0.6 is 11.8 Å². The number of rotatable bonds is 3. The molecule has 0 fully saturated rings. The summed E-state index contributed by atoms with van der Waals surface area (Å²) < 4.78 is 13.0. The number of para-hydroxylation sites is 1. The van der Waals surface area contributed by atoms with Crippen LogP contribution in [0.4, 0.5) is 10.1 Å². The van der Waals surface area contributed by atoms with Crippen molar-refractivity contribution in [2.75, 3.05) is 5.75 Å². The minimum Gasteiger partial charge on any atom is -0.369 e. The highest BCUT2D eigenvalue weighted by atomic mass is 32.2. The predicted octanol–water partition coefficient (Wildman–Crippen LogP) is 3.27. The molecule has 0 spiro atoms. The zero-order chi connectivity index (χ0) is 14.8. The van der Waals surface area contributed by atoms with E-state index in [9.17, 15) is 9.18 Å². The minimum atomic E-state index is -0.619. The molecule has 0 saturated heterocycles. The number of carbonyl (C=O) groups is 1. The van der Waals surface area contributed by atoms with E-state index in [0.29, 0.717) is 17.0 Å². The third-order valence-corrected chi connectivity index (χ3v) is 4.42. The van der Waals surface area contributed by atoms with Gasteiger partial charge in [0, 0.05) is 16.4 Å². The third kappa shape index (κ3) is 2.83. The van der Waals surface area contributed by atoms with Crippen LogP contribution in [0.2, 0.25) is 0 Å². The summed E-state index contributed by atoms with van der Waals surface area (Å²) in [5.74, 6) is -0.832. The van der Waals surface area contributed by atoms with Gasteiger partial charge < -0.3 is 5.73 Å². The Morgan fingerprint density at radius 2 is 1.90 bits per heavy atom. The van der Waals surface area contributed by atoms with Gasteiger partial charge in [-0.2, -0.15) is 0 Å². The zero-order valence-electron chi connectivity index (χ0n) is 11.1. The SMILES string of the molecule is NC(=O)C(C1=Nc2ccccc2SC1)c1ccc(F)cc1. The molecule has 1 atom stereocenters. The van der Waals surface area contributed by atoms with Gasteiger partial charge >= 0.3 is 0 Å². The molecule has 1 aliphatic rings. The lowest BCUT2D eigenvalue weighted by Crippen LogP contribution is -2.30. The predicted molar refractivity (Wildman–Crippen MR) is 82.6 cm³/mol. The van der Waals surface area contributed by atoms with Gasteiger partial charge in [-0.25, -0.2) is 4.39 Å². The molecule has 2 aromatic carbocycles. The summed E-state index contributed by atoms with van der Waals surface area (Å²) in [4.78, 5) is 17.5. The van der Waals surface area contributed by atoms with E-state index in [1.807, 2.05) is 24.3 Å². The van der Waals surface area contributed by atoms with Crippen LogP contribution in [0.1, 0.15) is 11.5 Å². The molecule has 3 rings (SSSR count). The van der Waals surface area contributed by atoms with Gasteiger partial charge in [0.15, 0.2) is 0 Å². The molecular weight excluding hydrogens is 287 g/mol. The number of primary amides is 1. The van der Waals surface area contributed by atoms with E-state index < -0.39 is 11.8 Å². The standard InChI is InChI=1S/C16H13FN2OS/c17-11-7-5-10(6-8-11)15(16(18)20)13-9-21-14-4-2-1-3-12(14)19-13/h1-8,15H,9H2,(H2,18,20). The number of hydrogen-bond donors (Lipinski definition) is 1. The van der Waals surface area contributed by atoms with Crippen molar-refractivity contribution in [3.05, 3.63) is 59.9 Å².